The van der Waals surface area contributed by atoms with E-state index in [0.717, 1.165) is 22.2 Å². The molecule has 0 radical (unpaired) electrons. The number of carbonyl (C=O) groups excluding carboxylic acids is 1. The van der Waals surface area contributed by atoms with Gasteiger partial charge in [0.25, 0.3) is 5.91 Å². The highest BCUT2D eigenvalue weighted by Crippen LogP contribution is 2.31. The molecule has 24 heavy (non-hydrogen) atoms. The van der Waals surface area contributed by atoms with E-state index in [4.69, 9.17) is 5.11 Å². The van der Waals surface area contributed by atoms with Crippen LogP contribution >= 0.6 is 67.8 Å². The Bertz CT molecular complexity index is 678. The van der Waals surface area contributed by atoms with Crippen LogP contribution in [0.25, 0.3) is 0 Å². The lowest BCUT2D eigenvalue weighted by Gasteiger charge is -2.16. The highest BCUT2D eigenvalue weighted by Gasteiger charge is 2.21. The summed E-state index contributed by atoms with van der Waals surface area (Å²) in [6.07, 6.45) is 0. The summed E-state index contributed by atoms with van der Waals surface area (Å²) in [4.78, 5) is 27.7. The minimum Gasteiger partial charge on any atom is -0.481 e. The summed E-state index contributed by atoms with van der Waals surface area (Å²) in [5.74, 6) is -1.07. The zero-order valence-electron chi connectivity index (χ0n) is 13.4. The number of carboxylic acids is 1. The van der Waals surface area contributed by atoms with Crippen LogP contribution in [0.1, 0.15) is 31.1 Å². The Kier molecular flexibility index (Phi) is 9.19. The number of aliphatic imine (C=N–C) groups is 1. The maximum absolute atomic E-state index is 12.5. The van der Waals surface area contributed by atoms with Crippen molar-refractivity contribution in [2.24, 2.45) is 10.9 Å². The molecule has 9 heteroatoms. The van der Waals surface area contributed by atoms with Gasteiger partial charge in [-0.1, -0.05) is 6.92 Å². The number of amides is 1. The second-order valence-corrected chi connectivity index (χ2v) is 8.44. The number of carboxylic acid groups (broad SMARTS) is 1. The molecule has 0 spiro atoms. The molecule has 0 saturated carbocycles. The monoisotopic (exact) mass is 669 g/mol. The first kappa shape index (κ1) is 21.9. The molecule has 0 bridgehead atoms. The summed E-state index contributed by atoms with van der Waals surface area (Å²) in [7, 11) is 0. The number of amidine groups is 1. The van der Waals surface area contributed by atoms with Gasteiger partial charge in [0, 0.05) is 20.2 Å². The Balaban J connectivity index is 3.13. The van der Waals surface area contributed by atoms with Gasteiger partial charge in [-0.25, -0.2) is 0 Å². The molecule has 0 aliphatic heterocycles. The summed E-state index contributed by atoms with van der Waals surface area (Å²) < 4.78 is 2.59. The number of rotatable bonds is 6. The van der Waals surface area contributed by atoms with E-state index in [9.17, 15) is 9.59 Å². The zero-order chi connectivity index (χ0) is 18.4. The minimum atomic E-state index is -0.934. The van der Waals surface area contributed by atoms with Crippen molar-refractivity contribution in [3.63, 3.8) is 0 Å². The van der Waals surface area contributed by atoms with Crippen molar-refractivity contribution >= 4 is 91.2 Å². The number of anilines is 1. The van der Waals surface area contributed by atoms with Gasteiger partial charge >= 0.3 is 5.97 Å². The maximum Gasteiger partial charge on any atom is 0.308 e. The van der Waals surface area contributed by atoms with E-state index in [1.54, 1.807) is 6.92 Å². The summed E-state index contributed by atoms with van der Waals surface area (Å²) in [6, 6.07) is 1.92. The normalized spacial score (nSPS) is 12.7. The number of nitrogens with one attached hydrogen (secondary N) is 2. The Hall–Kier alpha value is -0.180. The second kappa shape index (κ2) is 10.1. The van der Waals surface area contributed by atoms with Crippen LogP contribution in [0.4, 0.5) is 5.69 Å². The Labute approximate surface area is 182 Å². The lowest BCUT2D eigenvalue weighted by atomic mass is 10.1. The molecule has 1 unspecified atom stereocenters. The van der Waals surface area contributed by atoms with Gasteiger partial charge in [-0.05, 0) is 87.7 Å². The number of hydrogen-bond donors (Lipinski definition) is 3. The van der Waals surface area contributed by atoms with Crippen molar-refractivity contribution in [3.05, 3.63) is 22.3 Å². The molecular formula is C15H18I3N3O3. The zero-order valence-corrected chi connectivity index (χ0v) is 19.9. The van der Waals surface area contributed by atoms with Gasteiger partial charge in [0.2, 0.25) is 0 Å². The van der Waals surface area contributed by atoms with E-state index in [2.05, 4.69) is 83.4 Å². The van der Waals surface area contributed by atoms with Crippen molar-refractivity contribution in [3.8, 4) is 0 Å². The first-order valence-electron chi connectivity index (χ1n) is 7.15. The van der Waals surface area contributed by atoms with Crippen LogP contribution < -0.4 is 10.6 Å². The van der Waals surface area contributed by atoms with Crippen molar-refractivity contribution in [2.45, 2.75) is 20.8 Å². The lowest BCUT2D eigenvalue weighted by molar-refractivity contribution is -0.140. The molecule has 3 N–H and O–H groups in total. The van der Waals surface area contributed by atoms with Crippen molar-refractivity contribution < 1.29 is 14.7 Å². The number of aliphatic carboxylic acids is 1. The molecule has 1 rings (SSSR count). The first-order chi connectivity index (χ1) is 11.2. The van der Waals surface area contributed by atoms with E-state index in [1.807, 2.05) is 19.9 Å². The fourth-order valence-corrected chi connectivity index (χ4v) is 5.92. The summed E-state index contributed by atoms with van der Waals surface area (Å²) in [5.41, 5.74) is 1.38. The van der Waals surface area contributed by atoms with Crippen LogP contribution in [0.5, 0.6) is 0 Å². The number of carbonyl (C=O) groups is 2. The first-order valence-corrected chi connectivity index (χ1v) is 10.4. The number of nitrogens with zero attached hydrogens (tertiary/aromatic N) is 1. The Morgan fingerprint density at radius 3 is 2.46 bits per heavy atom. The average Bonchev–Trinajstić information content (AvgIpc) is 2.48. The van der Waals surface area contributed by atoms with Gasteiger partial charge in [0.05, 0.1) is 26.6 Å². The van der Waals surface area contributed by atoms with Gasteiger partial charge < -0.3 is 15.7 Å². The summed E-state index contributed by atoms with van der Waals surface area (Å²) in [6.45, 7) is 6.16. The Morgan fingerprint density at radius 1 is 1.29 bits per heavy atom. The Morgan fingerprint density at radius 2 is 1.92 bits per heavy atom. The van der Waals surface area contributed by atoms with Gasteiger partial charge in [0.15, 0.2) is 0 Å². The van der Waals surface area contributed by atoms with E-state index >= 15 is 0 Å². The van der Waals surface area contributed by atoms with E-state index in [1.165, 1.54) is 0 Å². The molecule has 132 valence electrons. The molecule has 0 aromatic heterocycles. The van der Waals surface area contributed by atoms with Crippen LogP contribution in [-0.2, 0) is 4.79 Å². The molecule has 1 atom stereocenters. The molecule has 1 aromatic rings. The van der Waals surface area contributed by atoms with E-state index < -0.39 is 11.9 Å². The topological polar surface area (TPSA) is 90.8 Å². The largest absolute Gasteiger partial charge is 0.481 e. The molecule has 0 fully saturated rings. The fraction of sp³-hybridized carbons (Fsp3) is 0.400. The van der Waals surface area contributed by atoms with Gasteiger partial charge in [-0.15, -0.1) is 0 Å². The quantitative estimate of drug-likeness (QED) is 0.245. The smallest absolute Gasteiger partial charge is 0.308 e. The van der Waals surface area contributed by atoms with E-state index in [-0.39, 0.29) is 12.5 Å². The average molecular weight is 669 g/mol. The number of halogens is 3. The molecule has 0 saturated heterocycles. The van der Waals surface area contributed by atoms with Crippen molar-refractivity contribution in [1.29, 1.82) is 0 Å². The highest BCUT2D eigenvalue weighted by atomic mass is 127. The molecule has 6 nitrogen and oxygen atoms in total. The molecule has 0 aliphatic rings. The standard InChI is InChI=1S/C15H18I3N3O3/c1-4-19-8(3)21-13-10(17)5-9(16)11(12(13)18)14(22)20-6-7(2)15(23)24/h5,7H,4,6H2,1-3H3,(H,19,21)(H,20,22)(H,23,24). The van der Waals surface area contributed by atoms with Gasteiger partial charge in [-0.3, -0.25) is 14.6 Å². The third-order valence-corrected chi connectivity index (χ3v) is 5.87. The van der Waals surface area contributed by atoms with Crippen LogP contribution in [0.15, 0.2) is 11.1 Å². The van der Waals surface area contributed by atoms with Crippen LogP contribution in [0, 0.1) is 16.6 Å². The predicted octanol–water partition coefficient (Wildman–Crippen LogP) is 3.80. The molecule has 0 aliphatic carbocycles. The van der Waals surface area contributed by atoms with Gasteiger partial charge in [0.1, 0.15) is 0 Å². The number of hydrogen-bond acceptors (Lipinski definition) is 3. The fourth-order valence-electron chi connectivity index (χ4n) is 1.79. The summed E-state index contributed by atoms with van der Waals surface area (Å²) in [5, 5.41) is 14.9. The summed E-state index contributed by atoms with van der Waals surface area (Å²) >= 11 is 6.47. The van der Waals surface area contributed by atoms with Crippen LogP contribution in [0.2, 0.25) is 0 Å². The predicted molar refractivity (Wildman–Crippen MR) is 121 cm³/mol. The van der Waals surface area contributed by atoms with Crippen LogP contribution in [0.3, 0.4) is 0 Å². The van der Waals surface area contributed by atoms with Crippen molar-refractivity contribution in [2.75, 3.05) is 18.4 Å². The van der Waals surface area contributed by atoms with Crippen molar-refractivity contribution in [1.82, 2.24) is 5.32 Å². The minimum absolute atomic E-state index is 0.0887. The molecule has 1 amide bonds. The third-order valence-electron chi connectivity index (χ3n) is 3.09. The highest BCUT2D eigenvalue weighted by molar-refractivity contribution is 14.1. The number of benzene rings is 1. The molecule has 1 aromatic carbocycles. The third kappa shape index (κ3) is 5.97. The lowest BCUT2D eigenvalue weighted by Crippen LogP contribution is -2.32. The molecular weight excluding hydrogens is 651 g/mol. The van der Waals surface area contributed by atoms with E-state index in [0.29, 0.717) is 12.1 Å². The molecule has 0 heterocycles. The van der Waals surface area contributed by atoms with Crippen LogP contribution in [-0.4, -0.2) is 35.9 Å². The SMILES string of the molecule is CCN=C(C)Nc1c(I)cc(I)c(C(=O)NCC(C)C(=O)O)c1I. The van der Waals surface area contributed by atoms with Gasteiger partial charge in [-0.2, -0.15) is 0 Å². The maximum atomic E-state index is 12.5. The second-order valence-electron chi connectivity index (χ2n) is 5.04.